The number of hydrogen-bond donors (Lipinski definition) is 3. The molecule has 0 saturated carbocycles. The Hall–Kier alpha value is -4.10. The fourth-order valence-electron chi connectivity index (χ4n) is 5.65. The Kier molecular flexibility index (Phi) is 6.16. The topological polar surface area (TPSA) is 94.3 Å². The van der Waals surface area contributed by atoms with Crippen molar-refractivity contribution < 1.29 is 14.4 Å². The molecular weight excluding hydrogens is 500 g/mol. The molecule has 0 radical (unpaired) electrons. The van der Waals surface area contributed by atoms with Crippen LogP contribution in [0.2, 0.25) is 5.02 Å². The van der Waals surface area contributed by atoms with Crippen molar-refractivity contribution in [1.29, 1.82) is 0 Å². The highest BCUT2D eigenvalue weighted by Crippen LogP contribution is 2.46. The van der Waals surface area contributed by atoms with Crippen molar-refractivity contribution in [2.45, 2.75) is 37.9 Å². The number of nitrogens with zero attached hydrogens (tertiary/aromatic N) is 1. The third-order valence-corrected chi connectivity index (χ3v) is 7.78. The summed E-state index contributed by atoms with van der Waals surface area (Å²) in [5.41, 5.74) is 5.50. The number of H-pyrrole nitrogens is 1. The van der Waals surface area contributed by atoms with E-state index in [-0.39, 0.29) is 23.8 Å². The summed E-state index contributed by atoms with van der Waals surface area (Å²) < 4.78 is 0. The monoisotopic (exact) mass is 526 g/mol. The van der Waals surface area contributed by atoms with Crippen LogP contribution in [0.15, 0.2) is 72.8 Å². The van der Waals surface area contributed by atoms with E-state index in [2.05, 4.69) is 15.6 Å². The maximum atomic E-state index is 13.6. The van der Waals surface area contributed by atoms with Gasteiger partial charge in [-0.2, -0.15) is 0 Å². The van der Waals surface area contributed by atoms with E-state index < -0.39 is 12.1 Å². The predicted octanol–water partition coefficient (Wildman–Crippen LogP) is 4.15. The van der Waals surface area contributed by atoms with E-state index in [9.17, 15) is 14.4 Å². The average Bonchev–Trinajstić information content (AvgIpc) is 3.45. The fourth-order valence-corrected chi connectivity index (χ4v) is 5.77. The molecule has 0 aliphatic carbocycles. The number of hydrogen-bond acceptors (Lipinski definition) is 3. The summed E-state index contributed by atoms with van der Waals surface area (Å²) in [5.74, 6) is -0.786. The van der Waals surface area contributed by atoms with Gasteiger partial charge in [-0.3, -0.25) is 14.4 Å². The number of carbonyl (C=O) groups excluding carboxylic acids is 3. The molecule has 3 aromatic carbocycles. The molecule has 1 aromatic heterocycles. The maximum Gasteiger partial charge on any atom is 0.255 e. The first kappa shape index (κ1) is 24.2. The third-order valence-electron chi connectivity index (χ3n) is 7.53. The van der Waals surface area contributed by atoms with Crippen LogP contribution in [0.25, 0.3) is 10.9 Å². The van der Waals surface area contributed by atoms with Gasteiger partial charge < -0.3 is 20.5 Å². The molecule has 6 rings (SSSR count). The van der Waals surface area contributed by atoms with Crippen LogP contribution in [0, 0.1) is 0 Å². The lowest BCUT2D eigenvalue weighted by Crippen LogP contribution is -2.56. The molecule has 3 atom stereocenters. The molecule has 3 N–H and O–H groups in total. The van der Waals surface area contributed by atoms with Gasteiger partial charge in [0.05, 0.1) is 6.04 Å². The first-order valence-corrected chi connectivity index (χ1v) is 13.1. The summed E-state index contributed by atoms with van der Waals surface area (Å²) in [4.78, 5) is 45.1. The lowest BCUT2D eigenvalue weighted by molar-refractivity contribution is -0.131. The second kappa shape index (κ2) is 9.65. The molecule has 2 aliphatic heterocycles. The van der Waals surface area contributed by atoms with E-state index in [1.807, 2.05) is 72.8 Å². The SMILES string of the molecule is C[C@H](NC(=O)[C@@H]1Cc2c([nH]c3ccccc23)C2c3ccccc3C(=O)N21)C(=O)NCCc1ccc(Cl)cc1. The van der Waals surface area contributed by atoms with Gasteiger partial charge in [-0.25, -0.2) is 0 Å². The maximum absolute atomic E-state index is 13.6. The first-order valence-electron chi connectivity index (χ1n) is 12.8. The number of para-hydroxylation sites is 1. The van der Waals surface area contributed by atoms with Crippen molar-refractivity contribution >= 4 is 40.2 Å². The lowest BCUT2D eigenvalue weighted by atomic mass is 9.90. The van der Waals surface area contributed by atoms with E-state index in [0.29, 0.717) is 30.0 Å². The Morgan fingerprint density at radius 2 is 1.79 bits per heavy atom. The second-order valence-corrected chi connectivity index (χ2v) is 10.3. The van der Waals surface area contributed by atoms with Crippen molar-refractivity contribution in [3.8, 4) is 0 Å². The van der Waals surface area contributed by atoms with E-state index in [4.69, 9.17) is 11.6 Å². The summed E-state index contributed by atoms with van der Waals surface area (Å²) in [7, 11) is 0. The number of fused-ring (bicyclic) bond motifs is 7. The molecule has 8 heteroatoms. The van der Waals surface area contributed by atoms with Crippen molar-refractivity contribution in [2.75, 3.05) is 6.54 Å². The first-order chi connectivity index (χ1) is 18.4. The third kappa shape index (κ3) is 4.13. The van der Waals surface area contributed by atoms with Crippen LogP contribution in [0.4, 0.5) is 0 Å². The minimum Gasteiger partial charge on any atom is -0.356 e. The van der Waals surface area contributed by atoms with E-state index in [1.54, 1.807) is 11.8 Å². The molecule has 0 fully saturated rings. The minimum atomic E-state index is -0.754. The predicted molar refractivity (Wildman–Crippen MR) is 146 cm³/mol. The Morgan fingerprint density at radius 3 is 2.61 bits per heavy atom. The zero-order valence-electron chi connectivity index (χ0n) is 20.8. The van der Waals surface area contributed by atoms with Gasteiger partial charge in [0, 0.05) is 40.1 Å². The zero-order valence-corrected chi connectivity index (χ0v) is 21.6. The van der Waals surface area contributed by atoms with Crippen LogP contribution >= 0.6 is 11.6 Å². The van der Waals surface area contributed by atoms with Gasteiger partial charge in [-0.1, -0.05) is 60.1 Å². The standard InChI is InChI=1S/C30H27ClN4O3/c1-17(28(36)32-15-14-18-10-12-19(31)13-11-18)33-29(37)25-16-23-20-6-4-5-9-24(20)34-26(23)27-21-7-2-3-8-22(21)30(38)35(25)27/h2-13,17,25,27,34H,14-16H2,1H3,(H,32,36)(H,33,37)/t17-,25-,27?/m0/s1. The number of amides is 3. The van der Waals surface area contributed by atoms with Crippen molar-refractivity contribution in [3.05, 3.63) is 106 Å². The van der Waals surface area contributed by atoms with Gasteiger partial charge in [-0.05, 0) is 54.3 Å². The molecule has 4 aromatic rings. The smallest absolute Gasteiger partial charge is 0.255 e. The van der Waals surface area contributed by atoms with Crippen molar-refractivity contribution in [2.24, 2.45) is 0 Å². The van der Waals surface area contributed by atoms with E-state index in [0.717, 1.165) is 33.3 Å². The van der Waals surface area contributed by atoms with Gasteiger partial charge in [0.1, 0.15) is 12.1 Å². The lowest BCUT2D eigenvalue weighted by Gasteiger charge is -2.37. The van der Waals surface area contributed by atoms with Crippen LogP contribution in [0.3, 0.4) is 0 Å². The summed E-state index contributed by atoms with van der Waals surface area (Å²) in [5, 5.41) is 7.46. The molecule has 3 heterocycles. The van der Waals surface area contributed by atoms with E-state index in [1.165, 1.54) is 0 Å². The van der Waals surface area contributed by atoms with Crippen LogP contribution in [-0.2, 0) is 22.4 Å². The van der Waals surface area contributed by atoms with Gasteiger partial charge in [0.15, 0.2) is 0 Å². The Morgan fingerprint density at radius 1 is 1.05 bits per heavy atom. The molecule has 0 bridgehead atoms. The second-order valence-electron chi connectivity index (χ2n) is 9.88. The highest BCUT2D eigenvalue weighted by molar-refractivity contribution is 6.30. The molecule has 38 heavy (non-hydrogen) atoms. The van der Waals surface area contributed by atoms with Crippen LogP contribution < -0.4 is 10.6 Å². The minimum absolute atomic E-state index is 0.171. The Balaban J connectivity index is 1.22. The van der Waals surface area contributed by atoms with Gasteiger partial charge in [-0.15, -0.1) is 0 Å². The number of rotatable bonds is 6. The van der Waals surface area contributed by atoms with Gasteiger partial charge in [0.25, 0.3) is 5.91 Å². The number of aromatic nitrogens is 1. The summed E-state index contributed by atoms with van der Waals surface area (Å²) >= 11 is 5.93. The molecule has 7 nitrogen and oxygen atoms in total. The van der Waals surface area contributed by atoms with Crippen molar-refractivity contribution in [3.63, 3.8) is 0 Å². The highest BCUT2D eigenvalue weighted by atomic mass is 35.5. The number of carbonyl (C=O) groups is 3. The van der Waals surface area contributed by atoms with Crippen LogP contribution in [0.5, 0.6) is 0 Å². The zero-order chi connectivity index (χ0) is 26.4. The van der Waals surface area contributed by atoms with Crippen LogP contribution in [-0.4, -0.2) is 46.2 Å². The normalized spacial score (nSPS) is 18.5. The molecule has 192 valence electrons. The summed E-state index contributed by atoms with van der Waals surface area (Å²) in [6.45, 7) is 2.10. The largest absolute Gasteiger partial charge is 0.356 e. The number of halogens is 1. The average molecular weight is 527 g/mol. The number of benzene rings is 3. The quantitative estimate of drug-likeness (QED) is 0.352. The Labute approximate surface area is 225 Å². The molecule has 0 saturated heterocycles. The summed E-state index contributed by atoms with van der Waals surface area (Å²) in [6, 6.07) is 21.1. The van der Waals surface area contributed by atoms with Crippen LogP contribution in [0.1, 0.15) is 45.7 Å². The van der Waals surface area contributed by atoms with E-state index >= 15 is 0 Å². The van der Waals surface area contributed by atoms with Gasteiger partial charge >= 0.3 is 0 Å². The molecule has 2 aliphatic rings. The highest BCUT2D eigenvalue weighted by Gasteiger charge is 2.49. The van der Waals surface area contributed by atoms with Crippen molar-refractivity contribution in [1.82, 2.24) is 20.5 Å². The molecule has 1 unspecified atom stereocenters. The summed E-state index contributed by atoms with van der Waals surface area (Å²) in [6.07, 6.45) is 1.02. The van der Waals surface area contributed by atoms with Gasteiger partial charge in [0.2, 0.25) is 11.8 Å². The molecular formula is C30H27ClN4O3. The fraction of sp³-hybridized carbons (Fsp3) is 0.233. The number of aromatic amines is 1. The Bertz CT molecular complexity index is 1560. The molecule has 0 spiro atoms. The molecule has 3 amide bonds. The number of nitrogens with one attached hydrogen (secondary N) is 3.